The van der Waals surface area contributed by atoms with Crippen molar-refractivity contribution >= 4 is 38.7 Å². The first kappa shape index (κ1) is 36.2. The summed E-state index contributed by atoms with van der Waals surface area (Å²) in [6.07, 6.45) is 0. The molecule has 1 spiro atoms. The van der Waals surface area contributed by atoms with Gasteiger partial charge in [-0.2, -0.15) is 0 Å². The highest BCUT2D eigenvalue weighted by Gasteiger charge is 2.51. The fourth-order valence-electron chi connectivity index (χ4n) is 10.5. The minimum absolute atomic E-state index is 0.591. The van der Waals surface area contributed by atoms with Crippen LogP contribution in [-0.2, 0) is 5.41 Å². The largest absolute Gasteiger partial charge is 0.310 e. The first-order valence-electron chi connectivity index (χ1n) is 21.9. The Morgan fingerprint density at radius 2 is 0.875 bits per heavy atom. The summed E-state index contributed by atoms with van der Waals surface area (Å²) in [6, 6.07) is 82.8. The van der Waals surface area contributed by atoms with E-state index in [0.29, 0.717) is 5.82 Å². The van der Waals surface area contributed by atoms with Crippen molar-refractivity contribution in [2.24, 2.45) is 0 Å². The second-order valence-corrected chi connectivity index (χ2v) is 16.7. The van der Waals surface area contributed by atoms with Crippen LogP contribution in [-0.4, -0.2) is 15.0 Å². The Kier molecular flexibility index (Phi) is 8.09. The minimum atomic E-state index is -0.591. The topological polar surface area (TPSA) is 41.9 Å². The Balaban J connectivity index is 1.15. The molecule has 0 unspecified atom stereocenters. The highest BCUT2D eigenvalue weighted by molar-refractivity contribution is 6.15. The van der Waals surface area contributed by atoms with Gasteiger partial charge in [0.15, 0.2) is 5.82 Å². The van der Waals surface area contributed by atoms with Crippen LogP contribution in [0.1, 0.15) is 22.3 Å². The summed E-state index contributed by atoms with van der Waals surface area (Å²) in [5, 5.41) is 3.28. The molecule has 9 aromatic carbocycles. The summed E-state index contributed by atoms with van der Waals surface area (Å²) < 4.78 is 0. The number of anilines is 3. The van der Waals surface area contributed by atoms with E-state index in [1.54, 1.807) is 0 Å². The molecule has 13 rings (SSSR count). The average Bonchev–Trinajstić information content (AvgIpc) is 3.67. The fourth-order valence-corrected chi connectivity index (χ4v) is 10.5. The molecule has 3 heterocycles. The first-order valence-corrected chi connectivity index (χ1v) is 21.9. The van der Waals surface area contributed by atoms with Gasteiger partial charge in [0.2, 0.25) is 0 Å². The quantitative estimate of drug-likeness (QED) is 0.162. The molecule has 0 N–H and O–H groups in total. The lowest BCUT2D eigenvalue weighted by Crippen LogP contribution is -2.36. The van der Waals surface area contributed by atoms with E-state index in [4.69, 9.17) is 15.0 Å². The molecule has 11 aromatic rings. The smallest absolute Gasteiger partial charge is 0.160 e. The maximum absolute atomic E-state index is 5.57. The summed E-state index contributed by atoms with van der Waals surface area (Å²) in [4.78, 5) is 18.4. The molecule has 0 saturated carbocycles. The molecule has 1 aliphatic carbocycles. The van der Waals surface area contributed by atoms with Crippen molar-refractivity contribution in [3.63, 3.8) is 0 Å². The number of nitrogens with zero attached hydrogens (tertiary/aromatic N) is 4. The van der Waals surface area contributed by atoms with Crippen LogP contribution in [0.4, 0.5) is 17.1 Å². The second-order valence-electron chi connectivity index (χ2n) is 16.7. The van der Waals surface area contributed by atoms with Crippen molar-refractivity contribution in [2.75, 3.05) is 4.90 Å². The molecule has 2 aliphatic rings. The monoisotopic (exact) mass is 814 g/mol. The zero-order chi connectivity index (χ0) is 42.2. The van der Waals surface area contributed by atoms with E-state index in [0.717, 1.165) is 78.1 Å². The average molecular weight is 815 g/mol. The van der Waals surface area contributed by atoms with Gasteiger partial charge in [-0.05, 0) is 87.3 Å². The van der Waals surface area contributed by atoms with Crippen LogP contribution in [0, 0.1) is 0 Å². The molecular formula is C60H38N4. The molecular weight excluding hydrogens is 777 g/mol. The molecule has 0 atom stereocenters. The standard InChI is InChI=1S/C60H38N4/c1-5-19-39(20-6-1)54-38-55(63-59(62-54)41-23-9-3-10-24-41)42-33-34-53-47(35-42)46-37-57-52(36-48(46)58(61-53)40-21-7-2-8-22-40)60(49-29-15-13-27-44(49)45-28-14-16-30-50(45)60)51-31-17-18-32-56(51)64(57)43-25-11-4-12-26-43/h1-38H. The predicted molar refractivity (Wildman–Crippen MR) is 262 cm³/mol. The van der Waals surface area contributed by atoms with Gasteiger partial charge >= 0.3 is 0 Å². The SMILES string of the molecule is c1ccc(-c2cc(-c3ccc4nc(-c5ccccc5)c5cc6c(cc5c4c3)N(c3ccccc3)c3ccccc3C63c4ccccc4-c4ccccc43)nc(-c3ccccc3)n2)cc1. The van der Waals surface area contributed by atoms with Crippen molar-refractivity contribution in [2.45, 2.75) is 5.41 Å². The molecule has 0 radical (unpaired) electrons. The summed E-state index contributed by atoms with van der Waals surface area (Å²) >= 11 is 0. The van der Waals surface area contributed by atoms with Gasteiger partial charge in [0.05, 0.1) is 39.4 Å². The molecule has 2 aromatic heterocycles. The lowest BCUT2D eigenvalue weighted by Gasteiger charge is -2.45. The van der Waals surface area contributed by atoms with E-state index < -0.39 is 5.41 Å². The first-order chi connectivity index (χ1) is 31.7. The van der Waals surface area contributed by atoms with Crippen molar-refractivity contribution < 1.29 is 0 Å². The lowest BCUT2D eigenvalue weighted by atomic mass is 9.64. The predicted octanol–water partition coefficient (Wildman–Crippen LogP) is 15.0. The summed E-state index contributed by atoms with van der Waals surface area (Å²) in [5.41, 5.74) is 18.1. The molecule has 0 saturated heterocycles. The Hall–Kier alpha value is -8.47. The van der Waals surface area contributed by atoms with Gasteiger partial charge in [-0.1, -0.05) is 182 Å². The molecule has 0 amide bonds. The minimum Gasteiger partial charge on any atom is -0.310 e. The maximum Gasteiger partial charge on any atom is 0.160 e. The van der Waals surface area contributed by atoms with E-state index in [1.165, 1.54) is 33.4 Å². The van der Waals surface area contributed by atoms with Gasteiger partial charge in [0, 0.05) is 38.7 Å². The summed E-state index contributed by atoms with van der Waals surface area (Å²) in [7, 11) is 0. The molecule has 1 aliphatic heterocycles. The van der Waals surface area contributed by atoms with Gasteiger partial charge in [-0.15, -0.1) is 0 Å². The van der Waals surface area contributed by atoms with Gasteiger partial charge in [-0.25, -0.2) is 15.0 Å². The van der Waals surface area contributed by atoms with Crippen LogP contribution in [0.2, 0.25) is 0 Å². The fraction of sp³-hybridized carbons (Fsp3) is 0.0167. The van der Waals surface area contributed by atoms with E-state index in [1.807, 2.05) is 24.3 Å². The number of fused-ring (bicyclic) bond motifs is 12. The number of hydrogen-bond donors (Lipinski definition) is 0. The van der Waals surface area contributed by atoms with E-state index >= 15 is 0 Å². The van der Waals surface area contributed by atoms with Crippen LogP contribution < -0.4 is 4.90 Å². The number of pyridine rings is 1. The third-order valence-corrected chi connectivity index (χ3v) is 13.2. The Morgan fingerprint density at radius 1 is 0.328 bits per heavy atom. The van der Waals surface area contributed by atoms with Crippen LogP contribution in [0.3, 0.4) is 0 Å². The zero-order valence-corrected chi connectivity index (χ0v) is 34.7. The van der Waals surface area contributed by atoms with Crippen LogP contribution in [0.5, 0.6) is 0 Å². The molecule has 4 nitrogen and oxygen atoms in total. The Morgan fingerprint density at radius 3 is 1.55 bits per heavy atom. The van der Waals surface area contributed by atoms with E-state index in [2.05, 4.69) is 211 Å². The van der Waals surface area contributed by atoms with E-state index in [-0.39, 0.29) is 0 Å². The Labute approximate surface area is 371 Å². The molecule has 298 valence electrons. The molecule has 4 heteroatoms. The van der Waals surface area contributed by atoms with Gasteiger partial charge in [-0.3, -0.25) is 0 Å². The van der Waals surface area contributed by atoms with Gasteiger partial charge in [0.25, 0.3) is 0 Å². The maximum atomic E-state index is 5.57. The van der Waals surface area contributed by atoms with Crippen molar-refractivity contribution in [1.29, 1.82) is 0 Å². The highest BCUT2D eigenvalue weighted by Crippen LogP contribution is 2.64. The highest BCUT2D eigenvalue weighted by atomic mass is 15.2. The molecule has 64 heavy (non-hydrogen) atoms. The molecule has 0 fully saturated rings. The van der Waals surface area contributed by atoms with Crippen molar-refractivity contribution in [1.82, 2.24) is 15.0 Å². The Bertz CT molecular complexity index is 3500. The van der Waals surface area contributed by atoms with Crippen LogP contribution >= 0.6 is 0 Å². The van der Waals surface area contributed by atoms with Crippen molar-refractivity contribution in [3.05, 3.63) is 253 Å². The number of hydrogen-bond acceptors (Lipinski definition) is 4. The second kappa shape index (κ2) is 14.3. The molecule has 0 bridgehead atoms. The van der Waals surface area contributed by atoms with Crippen LogP contribution in [0.15, 0.2) is 231 Å². The normalized spacial score (nSPS) is 13.1. The van der Waals surface area contributed by atoms with E-state index in [9.17, 15) is 0 Å². The lowest BCUT2D eigenvalue weighted by molar-refractivity contribution is 0.754. The van der Waals surface area contributed by atoms with Gasteiger partial charge in [0.1, 0.15) is 0 Å². The summed E-state index contributed by atoms with van der Waals surface area (Å²) in [5.74, 6) is 0.688. The third-order valence-electron chi connectivity index (χ3n) is 13.2. The number of rotatable bonds is 5. The third kappa shape index (κ3) is 5.39. The van der Waals surface area contributed by atoms with Gasteiger partial charge < -0.3 is 4.90 Å². The number of para-hydroxylation sites is 2. The summed E-state index contributed by atoms with van der Waals surface area (Å²) in [6.45, 7) is 0. The number of benzene rings is 9. The van der Waals surface area contributed by atoms with Crippen molar-refractivity contribution in [3.8, 4) is 56.3 Å². The zero-order valence-electron chi connectivity index (χ0n) is 34.7. The van der Waals surface area contributed by atoms with Crippen LogP contribution in [0.25, 0.3) is 78.0 Å². The number of aromatic nitrogens is 3.